The van der Waals surface area contributed by atoms with Gasteiger partial charge in [-0.3, -0.25) is 0 Å². The van der Waals surface area contributed by atoms with Gasteiger partial charge in [0.05, 0.1) is 10.6 Å². The van der Waals surface area contributed by atoms with Crippen molar-refractivity contribution >= 4 is 28.5 Å². The van der Waals surface area contributed by atoms with Crippen LogP contribution in [0.3, 0.4) is 0 Å². The highest BCUT2D eigenvalue weighted by atomic mass is 35.5. The summed E-state index contributed by atoms with van der Waals surface area (Å²) >= 11 is 6.42. The number of halogens is 1. The Hall–Kier alpha value is -2.26. The van der Waals surface area contributed by atoms with Gasteiger partial charge in [0.2, 0.25) is 0 Å². The average Bonchev–Trinajstić information content (AvgIpc) is 2.78. The van der Waals surface area contributed by atoms with Crippen molar-refractivity contribution < 1.29 is 9.90 Å². The van der Waals surface area contributed by atoms with E-state index in [2.05, 4.69) is 0 Å². The third-order valence-corrected chi connectivity index (χ3v) is 4.22. The number of rotatable bonds is 2. The van der Waals surface area contributed by atoms with E-state index in [0.29, 0.717) is 0 Å². The molecule has 0 radical (unpaired) electrons. The first-order chi connectivity index (χ1) is 9.99. The van der Waals surface area contributed by atoms with Crippen LogP contribution >= 0.6 is 11.6 Å². The lowest BCUT2D eigenvalue weighted by atomic mass is 10.0. The van der Waals surface area contributed by atoms with Crippen molar-refractivity contribution in [2.45, 2.75) is 6.92 Å². The Balaban J connectivity index is 2.30. The summed E-state index contributed by atoms with van der Waals surface area (Å²) in [6.45, 7) is 1.97. The molecule has 3 nitrogen and oxygen atoms in total. The standard InChI is InChI=1S/C17H14ClNO2/c1-10-4-3-5-13(16(10)18)14-9-19(2)15-8-11(17(20)21)6-7-12(14)15/h3-9H,1-2H3,(H,20,21). The zero-order valence-corrected chi connectivity index (χ0v) is 12.5. The second kappa shape index (κ2) is 4.93. The van der Waals surface area contributed by atoms with Gasteiger partial charge in [-0.1, -0.05) is 35.9 Å². The first-order valence-electron chi connectivity index (χ1n) is 6.57. The molecule has 0 aliphatic rings. The number of carboxylic acids is 1. The topological polar surface area (TPSA) is 42.2 Å². The molecular weight excluding hydrogens is 286 g/mol. The van der Waals surface area contributed by atoms with Crippen molar-refractivity contribution in [1.29, 1.82) is 0 Å². The van der Waals surface area contributed by atoms with E-state index < -0.39 is 5.97 Å². The van der Waals surface area contributed by atoms with E-state index in [1.807, 2.05) is 49.0 Å². The molecule has 1 aromatic heterocycles. The van der Waals surface area contributed by atoms with Gasteiger partial charge in [-0.05, 0) is 24.6 Å². The van der Waals surface area contributed by atoms with Gasteiger partial charge in [-0.2, -0.15) is 0 Å². The van der Waals surface area contributed by atoms with Crippen LogP contribution in [0.4, 0.5) is 0 Å². The largest absolute Gasteiger partial charge is 0.478 e. The molecule has 0 saturated carbocycles. The fraction of sp³-hybridized carbons (Fsp3) is 0.118. The first kappa shape index (κ1) is 13.7. The highest BCUT2D eigenvalue weighted by Gasteiger charge is 2.14. The summed E-state index contributed by atoms with van der Waals surface area (Å²) in [6, 6.07) is 11.1. The maximum absolute atomic E-state index is 11.1. The molecule has 2 aromatic carbocycles. The fourth-order valence-electron chi connectivity index (χ4n) is 2.59. The summed E-state index contributed by atoms with van der Waals surface area (Å²) in [5.41, 5.74) is 4.16. The molecule has 3 aromatic rings. The minimum absolute atomic E-state index is 0.283. The number of fused-ring (bicyclic) bond motifs is 1. The number of aryl methyl sites for hydroxylation is 2. The van der Waals surface area contributed by atoms with E-state index in [1.54, 1.807) is 12.1 Å². The van der Waals surface area contributed by atoms with E-state index in [4.69, 9.17) is 16.7 Å². The Bertz CT molecular complexity index is 865. The van der Waals surface area contributed by atoms with Crippen LogP contribution in [0, 0.1) is 6.92 Å². The van der Waals surface area contributed by atoms with Crippen LogP contribution in [0.5, 0.6) is 0 Å². The smallest absolute Gasteiger partial charge is 0.335 e. The van der Waals surface area contributed by atoms with Gasteiger partial charge in [0.15, 0.2) is 0 Å². The molecular formula is C17H14ClNO2. The van der Waals surface area contributed by atoms with Gasteiger partial charge in [-0.25, -0.2) is 4.79 Å². The van der Waals surface area contributed by atoms with E-state index in [1.165, 1.54) is 0 Å². The number of aromatic carboxylic acids is 1. The van der Waals surface area contributed by atoms with E-state index in [0.717, 1.165) is 32.6 Å². The van der Waals surface area contributed by atoms with Crippen LogP contribution in [-0.2, 0) is 7.05 Å². The Morgan fingerprint density at radius 1 is 1.19 bits per heavy atom. The summed E-state index contributed by atoms with van der Waals surface area (Å²) in [6.07, 6.45) is 1.98. The number of nitrogens with zero attached hydrogens (tertiary/aromatic N) is 1. The number of hydrogen-bond donors (Lipinski definition) is 1. The third kappa shape index (κ3) is 2.20. The van der Waals surface area contributed by atoms with Crippen molar-refractivity contribution in [1.82, 2.24) is 4.57 Å². The Kier molecular flexibility index (Phi) is 3.22. The molecule has 0 bridgehead atoms. The molecule has 3 rings (SSSR count). The van der Waals surface area contributed by atoms with Crippen LogP contribution in [0.1, 0.15) is 15.9 Å². The number of aromatic nitrogens is 1. The van der Waals surface area contributed by atoms with Crippen molar-refractivity contribution in [2.75, 3.05) is 0 Å². The van der Waals surface area contributed by atoms with E-state index >= 15 is 0 Å². The van der Waals surface area contributed by atoms with Crippen molar-refractivity contribution in [3.05, 3.63) is 58.7 Å². The predicted molar refractivity (Wildman–Crippen MR) is 85.1 cm³/mol. The summed E-state index contributed by atoms with van der Waals surface area (Å²) in [5, 5.41) is 10.8. The zero-order valence-electron chi connectivity index (χ0n) is 11.7. The lowest BCUT2D eigenvalue weighted by Crippen LogP contribution is -1.96. The molecule has 0 amide bonds. The molecule has 0 aliphatic carbocycles. The molecule has 4 heteroatoms. The van der Waals surface area contributed by atoms with Crippen LogP contribution < -0.4 is 0 Å². The maximum atomic E-state index is 11.1. The van der Waals surface area contributed by atoms with Gasteiger partial charge in [-0.15, -0.1) is 0 Å². The molecule has 0 aliphatic heterocycles. The number of hydrogen-bond acceptors (Lipinski definition) is 1. The van der Waals surface area contributed by atoms with Crippen molar-refractivity contribution in [3.8, 4) is 11.1 Å². The summed E-state index contributed by atoms with van der Waals surface area (Å²) in [4.78, 5) is 11.1. The quantitative estimate of drug-likeness (QED) is 0.756. The lowest BCUT2D eigenvalue weighted by Gasteiger charge is -2.05. The molecule has 0 saturated heterocycles. The van der Waals surface area contributed by atoms with Gasteiger partial charge >= 0.3 is 5.97 Å². The highest BCUT2D eigenvalue weighted by Crippen LogP contribution is 2.36. The number of carbonyl (C=O) groups is 1. The zero-order chi connectivity index (χ0) is 15.1. The van der Waals surface area contributed by atoms with Crippen molar-refractivity contribution in [3.63, 3.8) is 0 Å². The number of carboxylic acid groups (broad SMARTS) is 1. The minimum atomic E-state index is -0.923. The second-order valence-electron chi connectivity index (χ2n) is 5.13. The number of benzene rings is 2. The Labute approximate surface area is 127 Å². The molecule has 106 valence electrons. The van der Waals surface area contributed by atoms with E-state index in [9.17, 15) is 4.79 Å². The van der Waals surface area contributed by atoms with Crippen LogP contribution in [0.15, 0.2) is 42.6 Å². The summed E-state index contributed by atoms with van der Waals surface area (Å²) in [7, 11) is 1.90. The molecule has 0 atom stereocenters. The second-order valence-corrected chi connectivity index (χ2v) is 5.51. The maximum Gasteiger partial charge on any atom is 0.335 e. The molecule has 1 N–H and O–H groups in total. The fourth-order valence-corrected chi connectivity index (χ4v) is 2.81. The van der Waals surface area contributed by atoms with Crippen molar-refractivity contribution in [2.24, 2.45) is 7.05 Å². The van der Waals surface area contributed by atoms with Crippen LogP contribution in [0.2, 0.25) is 5.02 Å². The monoisotopic (exact) mass is 299 g/mol. The third-order valence-electron chi connectivity index (χ3n) is 3.72. The SMILES string of the molecule is Cc1cccc(-c2cn(C)c3cc(C(=O)O)ccc23)c1Cl. The lowest BCUT2D eigenvalue weighted by molar-refractivity contribution is 0.0697. The van der Waals surface area contributed by atoms with E-state index in [-0.39, 0.29) is 5.56 Å². The predicted octanol–water partition coefficient (Wildman–Crippen LogP) is 4.51. The molecule has 0 unspecified atom stereocenters. The summed E-state index contributed by atoms with van der Waals surface area (Å²) in [5.74, 6) is -0.923. The van der Waals surface area contributed by atoms with Crippen LogP contribution in [-0.4, -0.2) is 15.6 Å². The molecule has 21 heavy (non-hydrogen) atoms. The molecule has 0 spiro atoms. The molecule has 0 fully saturated rings. The van der Waals surface area contributed by atoms with Gasteiger partial charge < -0.3 is 9.67 Å². The normalized spacial score (nSPS) is 11.0. The highest BCUT2D eigenvalue weighted by molar-refractivity contribution is 6.34. The minimum Gasteiger partial charge on any atom is -0.478 e. The van der Waals surface area contributed by atoms with Gasteiger partial charge in [0.1, 0.15) is 0 Å². The first-order valence-corrected chi connectivity index (χ1v) is 6.94. The summed E-state index contributed by atoms with van der Waals surface area (Å²) < 4.78 is 1.93. The average molecular weight is 300 g/mol. The van der Waals surface area contributed by atoms with Gasteiger partial charge in [0.25, 0.3) is 0 Å². The Morgan fingerprint density at radius 2 is 1.95 bits per heavy atom. The van der Waals surface area contributed by atoms with Crippen LogP contribution in [0.25, 0.3) is 22.0 Å². The van der Waals surface area contributed by atoms with Gasteiger partial charge in [0, 0.05) is 35.3 Å². The Morgan fingerprint density at radius 3 is 2.67 bits per heavy atom. The molecule has 1 heterocycles.